The Morgan fingerprint density at radius 2 is 1.61 bits per heavy atom. The third-order valence-electron chi connectivity index (χ3n) is 11.7. The second kappa shape index (κ2) is 24.3. The van der Waals surface area contributed by atoms with Crippen LogP contribution in [0.25, 0.3) is 0 Å². The van der Waals surface area contributed by atoms with Gasteiger partial charge in [-0.3, -0.25) is 14.4 Å². The largest absolute Gasteiger partial charge is 0.456 e. The van der Waals surface area contributed by atoms with Gasteiger partial charge in [0.25, 0.3) is 11.7 Å². The number of carbonyl (C=O) groups excluding carboxylic acids is 4. The van der Waals surface area contributed by atoms with E-state index < -0.39 is 71.8 Å². The highest BCUT2D eigenvalue weighted by molar-refractivity contribution is 6.39. The van der Waals surface area contributed by atoms with Gasteiger partial charge in [0, 0.05) is 45.4 Å². The number of hydrogen-bond acceptors (Lipinski definition) is 12. The lowest BCUT2D eigenvalue weighted by molar-refractivity contribution is -0.208. The van der Waals surface area contributed by atoms with E-state index in [9.17, 15) is 44.7 Å². The lowest BCUT2D eigenvalue weighted by Gasteiger charge is -2.37. The number of cyclic esters (lactones) is 1. The molecule has 1 aliphatic carbocycles. The Kier molecular flexibility index (Phi) is 21.5. The van der Waals surface area contributed by atoms with Crippen molar-refractivity contribution in [2.45, 2.75) is 173 Å². The molecule has 1 saturated carbocycles. The minimum atomic E-state index is -3.08. The first-order chi connectivity index (χ1) is 26.9. The summed E-state index contributed by atoms with van der Waals surface area (Å²) in [6.07, 6.45) is 4.84. The van der Waals surface area contributed by atoms with Crippen LogP contribution in [0, 0.1) is 23.7 Å². The number of fused-ring (bicyclic) bond motifs is 1. The fourth-order valence-electron chi connectivity index (χ4n) is 8.45. The van der Waals surface area contributed by atoms with Gasteiger partial charge in [0.2, 0.25) is 5.79 Å². The molecule has 11 atom stereocenters. The van der Waals surface area contributed by atoms with Gasteiger partial charge in [-0.2, -0.15) is 0 Å². The molecule has 7 unspecified atom stereocenters. The van der Waals surface area contributed by atoms with Gasteiger partial charge < -0.3 is 44.6 Å². The molecule has 57 heavy (non-hydrogen) atoms. The standard InChI is InChI=1S/C42H67NO12.C2H6/c1-8-11-30-17-25(2)16-26(3)18-31(44)22-33(53-6)20-28(5)42(51,52)39(48)40(49)43-15-10-9-12-34(43)41(50)55-37(24-32(45)23-36(30)47)27(4)19-29-13-14-35(46)38(21-29)54-7;1-2/h8,17,19,26,28-35,37-38,44-46,51-52H,1,9-16,18,20-24H2,2-7H3;1-2H3/b25-17+,27-19+;/t26?,28?,29?,30-,31+,32?,33?,34?,35-,37+,38?;/m1./s1. The van der Waals surface area contributed by atoms with E-state index in [0.717, 1.165) is 10.5 Å². The summed E-state index contributed by atoms with van der Waals surface area (Å²) in [6.45, 7) is 14.9. The zero-order chi connectivity index (χ0) is 43.0. The third kappa shape index (κ3) is 15.1. The maximum absolute atomic E-state index is 14.0. The van der Waals surface area contributed by atoms with Gasteiger partial charge >= 0.3 is 5.97 Å². The molecule has 1 amide bonds. The number of Topliss-reactive ketones (excluding diaryl/α,β-unsaturated/α-hetero) is 2. The fraction of sp³-hybridized carbons (Fsp3) is 0.773. The highest BCUT2D eigenvalue weighted by Crippen LogP contribution is 2.32. The van der Waals surface area contributed by atoms with Crippen LogP contribution in [0.2, 0.25) is 0 Å². The topological polar surface area (TPSA) is 200 Å². The van der Waals surface area contributed by atoms with E-state index in [0.29, 0.717) is 56.9 Å². The molecule has 0 aromatic carbocycles. The molecule has 13 heteroatoms. The van der Waals surface area contributed by atoms with E-state index in [1.807, 2.05) is 39.8 Å². The number of carbonyl (C=O) groups is 4. The minimum absolute atomic E-state index is 0.0103. The van der Waals surface area contributed by atoms with E-state index in [4.69, 9.17) is 14.2 Å². The van der Waals surface area contributed by atoms with E-state index in [1.54, 1.807) is 20.1 Å². The van der Waals surface area contributed by atoms with Crippen molar-refractivity contribution in [3.8, 4) is 0 Å². The molecule has 0 bridgehead atoms. The Bertz CT molecular complexity index is 1380. The Morgan fingerprint density at radius 1 is 0.930 bits per heavy atom. The number of methoxy groups -OCH3 is 2. The predicted molar refractivity (Wildman–Crippen MR) is 217 cm³/mol. The van der Waals surface area contributed by atoms with Crippen molar-refractivity contribution in [3.63, 3.8) is 0 Å². The fourth-order valence-corrected chi connectivity index (χ4v) is 8.45. The molecule has 2 heterocycles. The SMILES string of the molecule is C=CC[C@@H]1/C=C(\C)CC(C)C[C@H](O)CC(OC)CC(C)C(O)(O)C(=O)C(=O)N2CCCCC2C(=O)O[C@H](/C(C)=C/C2CC[C@@H](O)C(OC)C2)CC(O)CC1=O.CC. The van der Waals surface area contributed by atoms with Crippen LogP contribution in [0.15, 0.2) is 36.0 Å². The lowest BCUT2D eigenvalue weighted by atomic mass is 9.83. The molecule has 1 saturated heterocycles. The van der Waals surface area contributed by atoms with Crippen molar-refractivity contribution in [2.24, 2.45) is 23.7 Å². The molecule has 0 radical (unpaired) electrons. The van der Waals surface area contributed by atoms with E-state index in [-0.39, 0.29) is 62.4 Å². The van der Waals surface area contributed by atoms with Crippen LogP contribution in [0.1, 0.15) is 125 Å². The van der Waals surface area contributed by atoms with Gasteiger partial charge in [-0.05, 0) is 102 Å². The molecule has 0 aromatic heterocycles. The average molecular weight is 808 g/mol. The summed E-state index contributed by atoms with van der Waals surface area (Å²) in [5, 5.41) is 54.9. The van der Waals surface area contributed by atoms with Gasteiger partial charge in [-0.15, -0.1) is 6.58 Å². The van der Waals surface area contributed by atoms with Crippen LogP contribution in [-0.4, -0.2) is 123 Å². The first-order valence-electron chi connectivity index (χ1n) is 21.0. The van der Waals surface area contributed by atoms with Gasteiger partial charge in [-0.1, -0.05) is 51.5 Å². The van der Waals surface area contributed by atoms with Crippen molar-refractivity contribution < 1.29 is 58.9 Å². The number of amides is 1. The average Bonchev–Trinajstić information content (AvgIpc) is 3.17. The van der Waals surface area contributed by atoms with Gasteiger partial charge in [0.15, 0.2) is 0 Å². The Balaban J connectivity index is 0.00000551. The first-order valence-corrected chi connectivity index (χ1v) is 21.0. The number of aliphatic hydroxyl groups excluding tert-OH is 3. The number of allylic oxidation sites excluding steroid dienone is 4. The highest BCUT2D eigenvalue weighted by atomic mass is 16.5. The molecular weight excluding hydrogens is 734 g/mol. The second-order valence-electron chi connectivity index (χ2n) is 16.4. The normalized spacial score (nSPS) is 35.8. The molecule has 13 nitrogen and oxygen atoms in total. The van der Waals surface area contributed by atoms with E-state index in [1.165, 1.54) is 14.0 Å². The van der Waals surface area contributed by atoms with Crippen molar-refractivity contribution >= 4 is 23.4 Å². The molecule has 3 aliphatic rings. The zero-order valence-electron chi connectivity index (χ0n) is 35.7. The molecule has 0 aromatic rings. The number of ketones is 2. The first kappa shape index (κ1) is 50.4. The summed E-state index contributed by atoms with van der Waals surface area (Å²) in [5.41, 5.74) is 1.56. The molecule has 2 fully saturated rings. The minimum Gasteiger partial charge on any atom is -0.456 e. The van der Waals surface area contributed by atoms with Crippen LogP contribution in [0.4, 0.5) is 0 Å². The summed E-state index contributed by atoms with van der Waals surface area (Å²) in [4.78, 5) is 55.9. The highest BCUT2D eigenvalue weighted by Gasteiger charge is 2.48. The van der Waals surface area contributed by atoms with Crippen LogP contribution in [0.3, 0.4) is 0 Å². The van der Waals surface area contributed by atoms with Crippen LogP contribution in [-0.2, 0) is 33.4 Å². The monoisotopic (exact) mass is 808 g/mol. The Labute approximate surface area is 340 Å². The number of aliphatic hydroxyl groups is 5. The maximum atomic E-state index is 14.0. The lowest BCUT2D eigenvalue weighted by Crippen LogP contribution is -2.58. The third-order valence-corrected chi connectivity index (χ3v) is 11.7. The maximum Gasteiger partial charge on any atom is 0.329 e. The number of rotatable bonds is 6. The molecule has 2 aliphatic heterocycles. The van der Waals surface area contributed by atoms with Gasteiger partial charge in [0.1, 0.15) is 17.9 Å². The zero-order valence-corrected chi connectivity index (χ0v) is 35.7. The van der Waals surface area contributed by atoms with Crippen LogP contribution < -0.4 is 0 Å². The van der Waals surface area contributed by atoms with Gasteiger partial charge in [0.05, 0.1) is 30.5 Å². The predicted octanol–water partition coefficient (Wildman–Crippen LogP) is 4.75. The quantitative estimate of drug-likeness (QED) is 0.107. The molecular formula is C44H73NO12. The van der Waals surface area contributed by atoms with Crippen molar-refractivity contribution in [3.05, 3.63) is 36.0 Å². The Hall–Kier alpha value is -2.78. The number of hydrogen-bond donors (Lipinski definition) is 5. The van der Waals surface area contributed by atoms with Gasteiger partial charge in [-0.25, -0.2) is 4.79 Å². The number of esters is 1. The van der Waals surface area contributed by atoms with Crippen molar-refractivity contribution in [2.75, 3.05) is 20.8 Å². The number of ether oxygens (including phenoxy) is 3. The summed E-state index contributed by atoms with van der Waals surface area (Å²) < 4.78 is 17.1. The van der Waals surface area contributed by atoms with Crippen LogP contribution >= 0.6 is 0 Å². The number of nitrogens with zero attached hydrogens (tertiary/aromatic N) is 1. The Morgan fingerprint density at radius 3 is 2.25 bits per heavy atom. The summed E-state index contributed by atoms with van der Waals surface area (Å²) >= 11 is 0. The summed E-state index contributed by atoms with van der Waals surface area (Å²) in [5.74, 6) is -8.53. The van der Waals surface area contributed by atoms with E-state index >= 15 is 0 Å². The van der Waals surface area contributed by atoms with Crippen molar-refractivity contribution in [1.29, 1.82) is 0 Å². The molecule has 0 spiro atoms. The molecule has 326 valence electrons. The summed E-state index contributed by atoms with van der Waals surface area (Å²) in [7, 11) is 2.97. The molecule has 5 N–H and O–H groups in total. The van der Waals surface area contributed by atoms with Crippen molar-refractivity contribution in [1.82, 2.24) is 4.90 Å². The smallest absolute Gasteiger partial charge is 0.329 e. The van der Waals surface area contributed by atoms with Crippen LogP contribution in [0.5, 0.6) is 0 Å². The summed E-state index contributed by atoms with van der Waals surface area (Å²) in [6, 6.07) is -1.20. The van der Waals surface area contributed by atoms with E-state index in [2.05, 4.69) is 6.58 Å². The molecule has 3 rings (SSSR count). The second-order valence-corrected chi connectivity index (χ2v) is 16.4. The number of piperidine rings is 1.